The second-order valence-electron chi connectivity index (χ2n) is 5.59. The predicted molar refractivity (Wildman–Crippen MR) is 92.5 cm³/mol. The first-order valence-corrected chi connectivity index (χ1v) is 8.40. The van der Waals surface area contributed by atoms with E-state index in [9.17, 15) is 9.59 Å². The lowest BCUT2D eigenvalue weighted by molar-refractivity contribution is 0.0693. The Balaban J connectivity index is 1.49. The molecule has 3 aromatic rings. The van der Waals surface area contributed by atoms with Gasteiger partial charge < -0.3 is 5.32 Å². The van der Waals surface area contributed by atoms with Crippen molar-refractivity contribution >= 4 is 39.2 Å². The van der Waals surface area contributed by atoms with Crippen molar-refractivity contribution in [2.75, 3.05) is 18.9 Å². The highest BCUT2D eigenvalue weighted by Gasteiger charge is 2.32. The van der Waals surface area contributed by atoms with E-state index < -0.39 is 0 Å². The lowest BCUT2D eigenvalue weighted by atomic mass is 10.0. The SMILES string of the molecule is CN1C(=O)c2ccc(CCNc3ncnc4sccc34)cc2C1=O. The zero-order valence-corrected chi connectivity index (χ0v) is 13.8. The van der Waals surface area contributed by atoms with Crippen molar-refractivity contribution in [2.45, 2.75) is 6.42 Å². The number of benzene rings is 1. The number of fused-ring (bicyclic) bond motifs is 2. The topological polar surface area (TPSA) is 75.2 Å². The van der Waals surface area contributed by atoms with Crippen LogP contribution in [0.3, 0.4) is 0 Å². The summed E-state index contributed by atoms with van der Waals surface area (Å²) in [4.78, 5) is 34.6. The fourth-order valence-electron chi connectivity index (χ4n) is 2.82. The maximum absolute atomic E-state index is 12.0. The van der Waals surface area contributed by atoms with Gasteiger partial charge in [0.1, 0.15) is 17.0 Å². The Kier molecular flexibility index (Phi) is 3.50. The molecule has 0 bridgehead atoms. The highest BCUT2D eigenvalue weighted by Crippen LogP contribution is 2.25. The summed E-state index contributed by atoms with van der Waals surface area (Å²) in [5.74, 6) is 0.342. The molecule has 0 unspecified atom stereocenters. The molecule has 7 heteroatoms. The van der Waals surface area contributed by atoms with Gasteiger partial charge in [-0.25, -0.2) is 9.97 Å². The first kappa shape index (κ1) is 14.8. The number of carbonyl (C=O) groups excluding carboxylic acids is 2. The molecule has 1 aliphatic heterocycles. The third kappa shape index (κ3) is 2.33. The molecule has 6 nitrogen and oxygen atoms in total. The second-order valence-corrected chi connectivity index (χ2v) is 6.48. The Bertz CT molecular complexity index is 966. The van der Waals surface area contributed by atoms with E-state index in [1.54, 1.807) is 29.8 Å². The van der Waals surface area contributed by atoms with Crippen molar-refractivity contribution in [2.24, 2.45) is 0 Å². The molecule has 0 atom stereocenters. The summed E-state index contributed by atoms with van der Waals surface area (Å²) in [6.45, 7) is 0.679. The van der Waals surface area contributed by atoms with Crippen LogP contribution in [0.1, 0.15) is 26.3 Å². The third-order valence-corrected chi connectivity index (χ3v) is 4.94. The van der Waals surface area contributed by atoms with Gasteiger partial charge in [0.05, 0.1) is 16.5 Å². The zero-order valence-electron chi connectivity index (χ0n) is 12.9. The minimum Gasteiger partial charge on any atom is -0.369 e. The van der Waals surface area contributed by atoms with Crippen molar-refractivity contribution in [1.29, 1.82) is 0 Å². The molecule has 0 saturated heterocycles. The first-order chi connectivity index (χ1) is 11.6. The van der Waals surface area contributed by atoms with Crippen LogP contribution < -0.4 is 5.32 Å². The molecule has 120 valence electrons. The van der Waals surface area contributed by atoms with Crippen LogP contribution in [0.15, 0.2) is 36.0 Å². The lowest BCUT2D eigenvalue weighted by Crippen LogP contribution is -2.24. The van der Waals surface area contributed by atoms with Crippen LogP contribution in [0.2, 0.25) is 0 Å². The number of hydrogen-bond acceptors (Lipinski definition) is 6. The lowest BCUT2D eigenvalue weighted by Gasteiger charge is -2.07. The van der Waals surface area contributed by atoms with E-state index in [0.717, 1.165) is 32.9 Å². The molecular weight excluding hydrogens is 324 g/mol. The highest BCUT2D eigenvalue weighted by atomic mass is 32.1. The van der Waals surface area contributed by atoms with Crippen molar-refractivity contribution in [3.8, 4) is 0 Å². The van der Waals surface area contributed by atoms with E-state index in [4.69, 9.17) is 0 Å². The van der Waals surface area contributed by atoms with Crippen LogP contribution >= 0.6 is 11.3 Å². The van der Waals surface area contributed by atoms with Gasteiger partial charge in [0, 0.05) is 13.6 Å². The Labute approximate surface area is 142 Å². The number of anilines is 1. The summed E-state index contributed by atoms with van der Waals surface area (Å²) in [5, 5.41) is 6.32. The molecule has 0 aliphatic carbocycles. The maximum atomic E-state index is 12.0. The molecule has 3 heterocycles. The Morgan fingerprint density at radius 1 is 1.12 bits per heavy atom. The molecule has 24 heavy (non-hydrogen) atoms. The van der Waals surface area contributed by atoms with E-state index in [1.165, 1.54) is 7.05 Å². The average molecular weight is 338 g/mol. The monoisotopic (exact) mass is 338 g/mol. The van der Waals surface area contributed by atoms with Gasteiger partial charge in [0.15, 0.2) is 0 Å². The number of aromatic nitrogens is 2. The van der Waals surface area contributed by atoms with Crippen LogP contribution in [0, 0.1) is 0 Å². The van der Waals surface area contributed by atoms with Crippen LogP contribution in [0.5, 0.6) is 0 Å². The summed E-state index contributed by atoms with van der Waals surface area (Å²) < 4.78 is 0. The fraction of sp³-hybridized carbons (Fsp3) is 0.176. The van der Waals surface area contributed by atoms with Gasteiger partial charge in [-0.3, -0.25) is 14.5 Å². The molecule has 0 spiro atoms. The number of imide groups is 1. The normalized spacial score (nSPS) is 13.6. The number of thiophene rings is 1. The van der Waals surface area contributed by atoms with Crippen LogP contribution in [0.4, 0.5) is 5.82 Å². The van der Waals surface area contributed by atoms with E-state index in [1.807, 2.05) is 17.5 Å². The molecule has 2 amide bonds. The summed E-state index contributed by atoms with van der Waals surface area (Å²) in [5.41, 5.74) is 1.98. The summed E-state index contributed by atoms with van der Waals surface area (Å²) >= 11 is 1.58. The van der Waals surface area contributed by atoms with Gasteiger partial charge in [0.25, 0.3) is 11.8 Å². The standard InChI is InChI=1S/C17H14N4O2S/c1-21-16(22)11-3-2-10(8-13(11)17(21)23)4-6-18-14-12-5-7-24-15(12)20-9-19-14/h2-3,5,7-9H,4,6H2,1H3,(H,18,19,20). The molecule has 0 saturated carbocycles. The molecule has 4 rings (SSSR count). The minimum atomic E-state index is -0.236. The first-order valence-electron chi connectivity index (χ1n) is 7.52. The predicted octanol–water partition coefficient (Wildman–Crippen LogP) is 2.57. The molecule has 0 radical (unpaired) electrons. The van der Waals surface area contributed by atoms with E-state index in [-0.39, 0.29) is 11.8 Å². The van der Waals surface area contributed by atoms with Crippen molar-refractivity contribution < 1.29 is 9.59 Å². The number of hydrogen-bond donors (Lipinski definition) is 1. The van der Waals surface area contributed by atoms with Crippen LogP contribution in [-0.4, -0.2) is 40.3 Å². The largest absolute Gasteiger partial charge is 0.369 e. The molecule has 1 aliphatic rings. The summed E-state index contributed by atoms with van der Waals surface area (Å²) in [7, 11) is 1.51. The van der Waals surface area contributed by atoms with Crippen molar-refractivity contribution in [3.63, 3.8) is 0 Å². The third-order valence-electron chi connectivity index (χ3n) is 4.12. The number of rotatable bonds is 4. The van der Waals surface area contributed by atoms with Crippen LogP contribution in [-0.2, 0) is 6.42 Å². The summed E-state index contributed by atoms with van der Waals surface area (Å²) in [6, 6.07) is 7.43. The molecular formula is C17H14N4O2S. The molecule has 1 N–H and O–H groups in total. The van der Waals surface area contributed by atoms with Gasteiger partial charge in [-0.15, -0.1) is 11.3 Å². The molecule has 0 fully saturated rings. The minimum absolute atomic E-state index is 0.236. The number of carbonyl (C=O) groups is 2. The van der Waals surface area contributed by atoms with Gasteiger partial charge in [0.2, 0.25) is 0 Å². The van der Waals surface area contributed by atoms with Gasteiger partial charge in [-0.1, -0.05) is 6.07 Å². The Morgan fingerprint density at radius 2 is 1.96 bits per heavy atom. The number of nitrogens with zero attached hydrogens (tertiary/aromatic N) is 3. The smallest absolute Gasteiger partial charge is 0.261 e. The van der Waals surface area contributed by atoms with E-state index in [2.05, 4.69) is 15.3 Å². The second kappa shape index (κ2) is 5.68. The average Bonchev–Trinajstić information content (AvgIpc) is 3.16. The van der Waals surface area contributed by atoms with E-state index >= 15 is 0 Å². The van der Waals surface area contributed by atoms with Gasteiger partial charge in [-0.2, -0.15) is 0 Å². The van der Waals surface area contributed by atoms with Gasteiger partial charge in [-0.05, 0) is 35.6 Å². The van der Waals surface area contributed by atoms with E-state index in [0.29, 0.717) is 17.7 Å². The maximum Gasteiger partial charge on any atom is 0.261 e. The Morgan fingerprint density at radius 3 is 2.83 bits per heavy atom. The molecule has 2 aromatic heterocycles. The fourth-order valence-corrected chi connectivity index (χ4v) is 3.55. The van der Waals surface area contributed by atoms with Crippen LogP contribution in [0.25, 0.3) is 10.2 Å². The molecule has 1 aromatic carbocycles. The van der Waals surface area contributed by atoms with Crippen molar-refractivity contribution in [1.82, 2.24) is 14.9 Å². The van der Waals surface area contributed by atoms with Crippen molar-refractivity contribution in [3.05, 3.63) is 52.7 Å². The number of amides is 2. The van der Waals surface area contributed by atoms with Gasteiger partial charge >= 0.3 is 0 Å². The number of nitrogens with one attached hydrogen (secondary N) is 1. The quantitative estimate of drug-likeness (QED) is 0.740. The summed E-state index contributed by atoms with van der Waals surface area (Å²) in [6.07, 6.45) is 2.28. The Hall–Kier alpha value is -2.80. The zero-order chi connectivity index (χ0) is 16.7. The highest BCUT2D eigenvalue weighted by molar-refractivity contribution is 7.16.